The summed E-state index contributed by atoms with van der Waals surface area (Å²) in [5, 5.41) is 11.2. The van der Waals surface area contributed by atoms with E-state index in [0.717, 1.165) is 39.9 Å². The fraction of sp³-hybridized carbons (Fsp3) is 0.238. The summed E-state index contributed by atoms with van der Waals surface area (Å²) in [7, 11) is 0. The Bertz CT molecular complexity index is 1070. The molecule has 0 aliphatic rings. The van der Waals surface area contributed by atoms with Crippen LogP contribution >= 0.6 is 27.7 Å². The number of hydrogen-bond acceptors (Lipinski definition) is 3. The molecule has 4 aromatic rings. The molecule has 2 heterocycles. The molecule has 6 heteroatoms. The summed E-state index contributed by atoms with van der Waals surface area (Å²) < 4.78 is 5.59. The average Bonchev–Trinajstić information content (AvgIpc) is 3.28. The highest BCUT2D eigenvalue weighted by molar-refractivity contribution is 9.10. The standard InChI is InChI=1S/C21H21BrN4S/c1-3-25-13-18(17-7-5-6-8-19(17)25)20-23-24-21(26(20)4-2)27-14-15-9-11-16(22)12-10-15/h5-13H,3-4,14H2,1-2H3. The van der Waals surface area contributed by atoms with E-state index in [1.54, 1.807) is 11.8 Å². The molecule has 0 radical (unpaired) electrons. The second kappa shape index (κ2) is 7.90. The molecule has 138 valence electrons. The fourth-order valence-corrected chi connectivity index (χ4v) is 4.52. The van der Waals surface area contributed by atoms with Crippen LogP contribution in [-0.4, -0.2) is 19.3 Å². The van der Waals surface area contributed by atoms with Crippen LogP contribution in [0, 0.1) is 0 Å². The maximum absolute atomic E-state index is 4.55. The summed E-state index contributed by atoms with van der Waals surface area (Å²) in [6.07, 6.45) is 2.20. The number of thioether (sulfide) groups is 1. The normalized spacial score (nSPS) is 11.4. The molecule has 2 aromatic heterocycles. The molecule has 2 aromatic carbocycles. The molecule has 27 heavy (non-hydrogen) atoms. The lowest BCUT2D eigenvalue weighted by Gasteiger charge is -2.07. The number of nitrogens with zero attached hydrogens (tertiary/aromatic N) is 4. The van der Waals surface area contributed by atoms with E-state index in [1.165, 1.54) is 16.5 Å². The van der Waals surface area contributed by atoms with Crippen LogP contribution in [0.15, 0.2) is 64.4 Å². The molecule has 0 atom stereocenters. The molecule has 4 rings (SSSR count). The molecule has 0 fully saturated rings. The van der Waals surface area contributed by atoms with Gasteiger partial charge in [0.05, 0.1) is 0 Å². The van der Waals surface area contributed by atoms with Crippen molar-refractivity contribution in [3.05, 3.63) is 64.8 Å². The van der Waals surface area contributed by atoms with Crippen LogP contribution in [0.4, 0.5) is 0 Å². The quantitative estimate of drug-likeness (QED) is 0.345. The molecule has 0 spiro atoms. The minimum Gasteiger partial charge on any atom is -0.347 e. The Morgan fingerprint density at radius 2 is 1.74 bits per heavy atom. The van der Waals surface area contributed by atoms with Crippen molar-refractivity contribution in [2.75, 3.05) is 0 Å². The van der Waals surface area contributed by atoms with Gasteiger partial charge in [-0.1, -0.05) is 58.0 Å². The lowest BCUT2D eigenvalue weighted by atomic mass is 10.1. The first-order valence-electron chi connectivity index (χ1n) is 9.10. The summed E-state index contributed by atoms with van der Waals surface area (Å²) in [5.74, 6) is 1.82. The van der Waals surface area contributed by atoms with Crippen LogP contribution < -0.4 is 0 Å². The number of halogens is 1. The predicted octanol–water partition coefficient (Wildman–Crippen LogP) is 5.99. The van der Waals surface area contributed by atoms with Crippen molar-refractivity contribution in [1.29, 1.82) is 0 Å². The first-order valence-corrected chi connectivity index (χ1v) is 10.9. The lowest BCUT2D eigenvalue weighted by Crippen LogP contribution is -1.99. The Morgan fingerprint density at radius 1 is 0.963 bits per heavy atom. The number of aryl methyl sites for hydroxylation is 1. The van der Waals surface area contributed by atoms with Gasteiger partial charge in [0.15, 0.2) is 11.0 Å². The van der Waals surface area contributed by atoms with E-state index in [0.29, 0.717) is 0 Å². The highest BCUT2D eigenvalue weighted by Crippen LogP contribution is 2.32. The Morgan fingerprint density at radius 3 is 2.48 bits per heavy atom. The van der Waals surface area contributed by atoms with Crippen molar-refractivity contribution in [1.82, 2.24) is 19.3 Å². The number of benzene rings is 2. The van der Waals surface area contributed by atoms with Crippen molar-refractivity contribution in [3.8, 4) is 11.4 Å². The molecule has 0 amide bonds. The fourth-order valence-electron chi connectivity index (χ4n) is 3.29. The maximum atomic E-state index is 4.55. The zero-order chi connectivity index (χ0) is 18.8. The topological polar surface area (TPSA) is 35.6 Å². The van der Waals surface area contributed by atoms with Crippen LogP contribution in [-0.2, 0) is 18.8 Å². The van der Waals surface area contributed by atoms with Crippen molar-refractivity contribution < 1.29 is 0 Å². The highest BCUT2D eigenvalue weighted by Gasteiger charge is 2.17. The van der Waals surface area contributed by atoms with E-state index in [-0.39, 0.29) is 0 Å². The number of hydrogen-bond donors (Lipinski definition) is 0. The maximum Gasteiger partial charge on any atom is 0.191 e. The Labute approximate surface area is 171 Å². The zero-order valence-electron chi connectivity index (χ0n) is 15.4. The molecule has 0 saturated heterocycles. The Kier molecular flexibility index (Phi) is 5.36. The van der Waals surface area contributed by atoms with Crippen molar-refractivity contribution in [2.24, 2.45) is 0 Å². The van der Waals surface area contributed by atoms with Crippen LogP contribution in [0.25, 0.3) is 22.3 Å². The van der Waals surface area contributed by atoms with E-state index in [4.69, 9.17) is 0 Å². The van der Waals surface area contributed by atoms with E-state index < -0.39 is 0 Å². The second-order valence-electron chi connectivity index (χ2n) is 6.31. The minimum absolute atomic E-state index is 0.844. The third-order valence-electron chi connectivity index (χ3n) is 4.68. The van der Waals surface area contributed by atoms with Gasteiger partial charge in [-0.25, -0.2) is 0 Å². The van der Waals surface area contributed by atoms with Gasteiger partial charge in [-0.15, -0.1) is 10.2 Å². The zero-order valence-corrected chi connectivity index (χ0v) is 17.8. The second-order valence-corrected chi connectivity index (χ2v) is 8.17. The van der Waals surface area contributed by atoms with Crippen LogP contribution in [0.3, 0.4) is 0 Å². The third-order valence-corrected chi connectivity index (χ3v) is 6.25. The lowest BCUT2D eigenvalue weighted by molar-refractivity contribution is 0.687. The number of rotatable bonds is 6. The number of para-hydroxylation sites is 1. The van der Waals surface area contributed by atoms with Gasteiger partial charge in [-0.2, -0.15) is 0 Å². The molecule has 0 aliphatic heterocycles. The van der Waals surface area contributed by atoms with Gasteiger partial charge in [-0.05, 0) is 37.6 Å². The largest absolute Gasteiger partial charge is 0.347 e. The van der Waals surface area contributed by atoms with E-state index in [2.05, 4.69) is 104 Å². The smallest absolute Gasteiger partial charge is 0.191 e. The summed E-state index contributed by atoms with van der Waals surface area (Å²) in [5.41, 5.74) is 3.67. The molecule has 4 nitrogen and oxygen atoms in total. The first-order chi connectivity index (χ1) is 13.2. The summed E-state index contributed by atoms with van der Waals surface area (Å²) >= 11 is 5.22. The van der Waals surface area contributed by atoms with Gasteiger partial charge in [0.2, 0.25) is 0 Å². The van der Waals surface area contributed by atoms with Gasteiger partial charge in [-0.3, -0.25) is 0 Å². The summed E-state index contributed by atoms with van der Waals surface area (Å²) in [6, 6.07) is 16.9. The van der Waals surface area contributed by atoms with Crippen molar-refractivity contribution >= 4 is 38.6 Å². The van der Waals surface area contributed by atoms with Crippen LogP contribution in [0.5, 0.6) is 0 Å². The molecule has 0 aliphatic carbocycles. The summed E-state index contributed by atoms with van der Waals surface area (Å²) in [4.78, 5) is 0. The molecule has 0 N–H and O–H groups in total. The molecular weight excluding hydrogens is 420 g/mol. The SMILES string of the molecule is CCn1c(SCc2ccc(Br)cc2)nnc1-c1cn(CC)c2ccccc12. The third kappa shape index (κ3) is 3.56. The summed E-state index contributed by atoms with van der Waals surface area (Å²) in [6.45, 7) is 6.10. The van der Waals surface area contributed by atoms with Crippen molar-refractivity contribution in [3.63, 3.8) is 0 Å². The number of fused-ring (bicyclic) bond motifs is 1. The van der Waals surface area contributed by atoms with E-state index in [9.17, 15) is 0 Å². The Balaban J connectivity index is 1.68. The number of aromatic nitrogens is 4. The van der Waals surface area contributed by atoms with Crippen molar-refractivity contribution in [2.45, 2.75) is 37.8 Å². The monoisotopic (exact) mass is 440 g/mol. The molecule has 0 bridgehead atoms. The van der Waals surface area contributed by atoms with Gasteiger partial charge in [0, 0.05) is 46.0 Å². The van der Waals surface area contributed by atoms with Gasteiger partial charge < -0.3 is 9.13 Å². The predicted molar refractivity (Wildman–Crippen MR) is 116 cm³/mol. The molecule has 0 saturated carbocycles. The Hall–Kier alpha value is -2.05. The van der Waals surface area contributed by atoms with Gasteiger partial charge in [0.25, 0.3) is 0 Å². The molecule has 0 unspecified atom stereocenters. The van der Waals surface area contributed by atoms with E-state index in [1.807, 2.05) is 0 Å². The van der Waals surface area contributed by atoms with Crippen LogP contribution in [0.2, 0.25) is 0 Å². The van der Waals surface area contributed by atoms with Gasteiger partial charge >= 0.3 is 0 Å². The first kappa shape index (κ1) is 18.3. The minimum atomic E-state index is 0.844. The average molecular weight is 441 g/mol. The van der Waals surface area contributed by atoms with Crippen LogP contribution in [0.1, 0.15) is 19.4 Å². The highest BCUT2D eigenvalue weighted by atomic mass is 79.9. The van der Waals surface area contributed by atoms with E-state index >= 15 is 0 Å². The molecular formula is C21H21BrN4S. The van der Waals surface area contributed by atoms with Gasteiger partial charge in [0.1, 0.15) is 0 Å².